The summed E-state index contributed by atoms with van der Waals surface area (Å²) in [6, 6.07) is 9.74. The van der Waals surface area contributed by atoms with Crippen LogP contribution in [-0.4, -0.2) is 22.4 Å². The minimum atomic E-state index is -0.00348. The fourth-order valence-electron chi connectivity index (χ4n) is 2.00. The van der Waals surface area contributed by atoms with Crippen LogP contribution in [0.25, 0.3) is 0 Å². The molecule has 5 nitrogen and oxygen atoms in total. The standard InChI is InChI=1S/C16H16N4OS2/c21-15(18-8-6-13-4-3-9-22-13)10-12-11-23-16(19-12)20-14-5-1-2-7-17-14/h1-5,7,9,11H,6,8,10H2,(H,18,21)(H,17,19,20). The van der Waals surface area contributed by atoms with E-state index in [-0.39, 0.29) is 5.91 Å². The summed E-state index contributed by atoms with van der Waals surface area (Å²) in [5.41, 5.74) is 0.766. The van der Waals surface area contributed by atoms with Crippen LogP contribution < -0.4 is 10.6 Å². The first-order valence-corrected chi connectivity index (χ1v) is 8.97. The molecular weight excluding hydrogens is 328 g/mol. The molecule has 0 saturated heterocycles. The fourth-order valence-corrected chi connectivity index (χ4v) is 3.42. The maximum Gasteiger partial charge on any atom is 0.226 e. The van der Waals surface area contributed by atoms with Crippen molar-refractivity contribution in [3.8, 4) is 0 Å². The number of carbonyl (C=O) groups excluding carboxylic acids is 1. The molecule has 0 aliphatic rings. The van der Waals surface area contributed by atoms with Crippen molar-refractivity contribution in [2.24, 2.45) is 0 Å². The van der Waals surface area contributed by atoms with Crippen LogP contribution in [0.2, 0.25) is 0 Å². The van der Waals surface area contributed by atoms with Crippen molar-refractivity contribution in [2.45, 2.75) is 12.8 Å². The van der Waals surface area contributed by atoms with Crippen molar-refractivity contribution in [2.75, 3.05) is 11.9 Å². The zero-order chi connectivity index (χ0) is 15.9. The van der Waals surface area contributed by atoms with Crippen LogP contribution in [0.4, 0.5) is 10.9 Å². The number of carbonyl (C=O) groups is 1. The molecular formula is C16H16N4OS2. The highest BCUT2D eigenvalue weighted by Gasteiger charge is 2.08. The highest BCUT2D eigenvalue weighted by molar-refractivity contribution is 7.13. The number of nitrogens with zero attached hydrogens (tertiary/aromatic N) is 2. The second kappa shape index (κ2) is 7.85. The molecule has 1 amide bonds. The molecule has 0 spiro atoms. The van der Waals surface area contributed by atoms with Gasteiger partial charge >= 0.3 is 0 Å². The number of thiazole rings is 1. The van der Waals surface area contributed by atoms with Crippen LogP contribution in [0, 0.1) is 0 Å². The van der Waals surface area contributed by atoms with Gasteiger partial charge in [-0.25, -0.2) is 9.97 Å². The lowest BCUT2D eigenvalue weighted by atomic mass is 10.3. The molecule has 0 saturated carbocycles. The van der Waals surface area contributed by atoms with Gasteiger partial charge in [0, 0.05) is 23.0 Å². The van der Waals surface area contributed by atoms with E-state index in [0.717, 1.165) is 23.1 Å². The Bertz CT molecular complexity index is 741. The fraction of sp³-hybridized carbons (Fsp3) is 0.188. The van der Waals surface area contributed by atoms with Crippen LogP contribution in [0.1, 0.15) is 10.6 Å². The highest BCUT2D eigenvalue weighted by atomic mass is 32.1. The van der Waals surface area contributed by atoms with Gasteiger partial charge in [-0.1, -0.05) is 12.1 Å². The maximum absolute atomic E-state index is 11.9. The third-order valence-electron chi connectivity index (χ3n) is 3.07. The molecule has 118 valence electrons. The summed E-state index contributed by atoms with van der Waals surface area (Å²) in [6.07, 6.45) is 2.88. The number of aromatic nitrogens is 2. The van der Waals surface area contributed by atoms with E-state index in [1.165, 1.54) is 16.2 Å². The van der Waals surface area contributed by atoms with Crippen molar-refractivity contribution in [1.29, 1.82) is 0 Å². The number of amides is 1. The van der Waals surface area contributed by atoms with E-state index in [1.54, 1.807) is 17.5 Å². The monoisotopic (exact) mass is 344 g/mol. The summed E-state index contributed by atoms with van der Waals surface area (Å²) in [6.45, 7) is 0.655. The van der Waals surface area contributed by atoms with Gasteiger partial charge in [0.05, 0.1) is 12.1 Å². The first-order chi connectivity index (χ1) is 11.3. The predicted octanol–water partition coefficient (Wildman–Crippen LogP) is 3.24. The van der Waals surface area contributed by atoms with E-state index < -0.39 is 0 Å². The second-order valence-electron chi connectivity index (χ2n) is 4.84. The van der Waals surface area contributed by atoms with Crippen LogP contribution >= 0.6 is 22.7 Å². The van der Waals surface area contributed by atoms with Crippen LogP contribution in [-0.2, 0) is 17.6 Å². The van der Waals surface area contributed by atoms with Crippen LogP contribution in [0.15, 0.2) is 47.3 Å². The summed E-state index contributed by atoms with van der Waals surface area (Å²) < 4.78 is 0. The lowest BCUT2D eigenvalue weighted by Crippen LogP contribution is -2.27. The summed E-state index contributed by atoms with van der Waals surface area (Å²) in [7, 11) is 0. The zero-order valence-corrected chi connectivity index (χ0v) is 14.0. The minimum absolute atomic E-state index is 0.00348. The Morgan fingerprint density at radius 2 is 2.13 bits per heavy atom. The number of rotatable bonds is 7. The van der Waals surface area contributed by atoms with Crippen molar-refractivity contribution >= 4 is 39.5 Å². The molecule has 7 heteroatoms. The van der Waals surface area contributed by atoms with Gasteiger partial charge in [0.25, 0.3) is 0 Å². The van der Waals surface area contributed by atoms with Crippen LogP contribution in [0.3, 0.4) is 0 Å². The maximum atomic E-state index is 11.9. The molecule has 3 heterocycles. The predicted molar refractivity (Wildman–Crippen MR) is 94.4 cm³/mol. The molecule has 0 aromatic carbocycles. The molecule has 3 aromatic rings. The molecule has 0 fully saturated rings. The molecule has 2 N–H and O–H groups in total. The van der Waals surface area contributed by atoms with E-state index >= 15 is 0 Å². The van der Waals surface area contributed by atoms with Gasteiger partial charge in [0.2, 0.25) is 5.91 Å². The van der Waals surface area contributed by atoms with Crippen molar-refractivity contribution in [1.82, 2.24) is 15.3 Å². The topological polar surface area (TPSA) is 66.9 Å². The summed E-state index contributed by atoms with van der Waals surface area (Å²) in [5.74, 6) is 0.741. The Morgan fingerprint density at radius 3 is 2.91 bits per heavy atom. The molecule has 0 atom stereocenters. The number of hydrogen-bond acceptors (Lipinski definition) is 6. The van der Waals surface area contributed by atoms with Crippen LogP contribution in [0.5, 0.6) is 0 Å². The zero-order valence-electron chi connectivity index (χ0n) is 12.4. The van der Waals surface area contributed by atoms with Gasteiger partial charge in [-0.05, 0) is 30.0 Å². The number of nitrogens with one attached hydrogen (secondary N) is 2. The normalized spacial score (nSPS) is 10.4. The van der Waals surface area contributed by atoms with Gasteiger partial charge in [0.15, 0.2) is 5.13 Å². The van der Waals surface area contributed by atoms with E-state index in [0.29, 0.717) is 13.0 Å². The van der Waals surface area contributed by atoms with Gasteiger partial charge < -0.3 is 10.6 Å². The van der Waals surface area contributed by atoms with Crippen molar-refractivity contribution in [3.05, 3.63) is 57.9 Å². The SMILES string of the molecule is O=C(Cc1csc(Nc2ccccn2)n1)NCCc1cccs1. The lowest BCUT2D eigenvalue weighted by molar-refractivity contribution is -0.120. The van der Waals surface area contributed by atoms with Gasteiger partial charge in [0.1, 0.15) is 5.82 Å². The third kappa shape index (κ3) is 4.87. The average Bonchev–Trinajstić information content (AvgIpc) is 3.21. The Balaban J connectivity index is 1.45. The van der Waals surface area contributed by atoms with E-state index in [4.69, 9.17) is 0 Å². The summed E-state index contributed by atoms with van der Waals surface area (Å²) in [4.78, 5) is 21.8. The number of pyridine rings is 1. The van der Waals surface area contributed by atoms with Crippen molar-refractivity contribution < 1.29 is 4.79 Å². The Morgan fingerprint density at radius 1 is 1.17 bits per heavy atom. The summed E-state index contributed by atoms with van der Waals surface area (Å²) in [5, 5.41) is 10.7. The molecule has 0 unspecified atom stereocenters. The molecule has 3 aromatic heterocycles. The smallest absolute Gasteiger partial charge is 0.226 e. The van der Waals surface area contributed by atoms with E-state index in [1.807, 2.05) is 35.0 Å². The van der Waals surface area contributed by atoms with E-state index in [9.17, 15) is 4.79 Å². The van der Waals surface area contributed by atoms with Gasteiger partial charge in [-0.15, -0.1) is 22.7 Å². The molecule has 0 bridgehead atoms. The lowest BCUT2D eigenvalue weighted by Gasteiger charge is -2.02. The van der Waals surface area contributed by atoms with E-state index in [2.05, 4.69) is 26.7 Å². The molecule has 0 aliphatic carbocycles. The molecule has 23 heavy (non-hydrogen) atoms. The Hall–Kier alpha value is -2.25. The Kier molecular flexibility index (Phi) is 5.33. The van der Waals surface area contributed by atoms with Gasteiger partial charge in [-0.3, -0.25) is 4.79 Å². The van der Waals surface area contributed by atoms with Crippen molar-refractivity contribution in [3.63, 3.8) is 0 Å². The average molecular weight is 344 g/mol. The first-order valence-electron chi connectivity index (χ1n) is 7.21. The molecule has 0 aliphatic heterocycles. The molecule has 3 rings (SSSR count). The number of hydrogen-bond donors (Lipinski definition) is 2. The third-order valence-corrected chi connectivity index (χ3v) is 4.81. The quantitative estimate of drug-likeness (QED) is 0.690. The first kappa shape index (κ1) is 15.6. The Labute approximate surface area is 142 Å². The number of thiophene rings is 1. The minimum Gasteiger partial charge on any atom is -0.355 e. The van der Waals surface area contributed by atoms with Gasteiger partial charge in [-0.2, -0.15) is 0 Å². The number of anilines is 2. The molecule has 0 radical (unpaired) electrons. The largest absolute Gasteiger partial charge is 0.355 e. The summed E-state index contributed by atoms with van der Waals surface area (Å²) >= 11 is 3.17. The highest BCUT2D eigenvalue weighted by Crippen LogP contribution is 2.19. The second-order valence-corrected chi connectivity index (χ2v) is 6.73.